The lowest BCUT2D eigenvalue weighted by Gasteiger charge is -2.27. The zero-order chi connectivity index (χ0) is 12.4. The maximum atomic E-state index is 11.3. The van der Waals surface area contributed by atoms with Crippen LogP contribution in [0.2, 0.25) is 0 Å². The molecule has 0 aliphatic carbocycles. The van der Waals surface area contributed by atoms with Crippen LogP contribution in [0, 0.1) is 0 Å². The van der Waals surface area contributed by atoms with Gasteiger partial charge in [-0.3, -0.25) is 0 Å². The SMILES string of the molecule is CN(c1cccc(Br)c1C(=O)O)C1CCOC1. The molecule has 1 aliphatic heterocycles. The third-order valence-electron chi connectivity index (χ3n) is 3.04. The number of aromatic carboxylic acids is 1. The van der Waals surface area contributed by atoms with Gasteiger partial charge in [-0.25, -0.2) is 4.79 Å². The minimum absolute atomic E-state index is 0.252. The van der Waals surface area contributed by atoms with Gasteiger partial charge in [0.2, 0.25) is 0 Å². The second-order valence-corrected chi connectivity index (χ2v) is 4.92. The van der Waals surface area contributed by atoms with Crippen molar-refractivity contribution in [1.82, 2.24) is 0 Å². The zero-order valence-corrected chi connectivity index (χ0v) is 11.1. The molecule has 2 rings (SSSR count). The van der Waals surface area contributed by atoms with Crippen LogP contribution in [-0.2, 0) is 4.74 Å². The molecule has 1 aromatic carbocycles. The minimum atomic E-state index is -0.918. The highest BCUT2D eigenvalue weighted by atomic mass is 79.9. The number of hydrogen-bond acceptors (Lipinski definition) is 3. The van der Waals surface area contributed by atoms with E-state index in [9.17, 15) is 9.90 Å². The smallest absolute Gasteiger partial charge is 0.338 e. The van der Waals surface area contributed by atoms with Crippen molar-refractivity contribution < 1.29 is 14.6 Å². The lowest BCUT2D eigenvalue weighted by molar-refractivity contribution is 0.0696. The second-order valence-electron chi connectivity index (χ2n) is 4.07. The van der Waals surface area contributed by atoms with Gasteiger partial charge in [0, 0.05) is 18.1 Å². The molecule has 0 aromatic heterocycles. The molecule has 1 N–H and O–H groups in total. The highest BCUT2D eigenvalue weighted by Crippen LogP contribution is 2.29. The molecular weight excluding hydrogens is 286 g/mol. The summed E-state index contributed by atoms with van der Waals surface area (Å²) >= 11 is 3.29. The quantitative estimate of drug-likeness (QED) is 0.931. The molecule has 0 spiro atoms. The van der Waals surface area contributed by atoms with Crippen LogP contribution in [0.1, 0.15) is 16.8 Å². The van der Waals surface area contributed by atoms with Crippen molar-refractivity contribution in [3.63, 3.8) is 0 Å². The lowest BCUT2D eigenvalue weighted by atomic mass is 10.1. The number of likely N-dealkylation sites (N-methyl/N-ethyl adjacent to an activating group) is 1. The van der Waals surface area contributed by atoms with Crippen LogP contribution in [0.15, 0.2) is 22.7 Å². The maximum absolute atomic E-state index is 11.3. The third-order valence-corrected chi connectivity index (χ3v) is 3.70. The standard InChI is InChI=1S/C12H14BrNO3/c1-14(8-5-6-17-7-8)10-4-2-3-9(13)11(10)12(15)16/h2-4,8H,5-7H2,1H3,(H,15,16). The van der Waals surface area contributed by atoms with E-state index in [1.807, 2.05) is 24.1 Å². The van der Waals surface area contributed by atoms with E-state index in [1.165, 1.54) is 0 Å². The van der Waals surface area contributed by atoms with Crippen LogP contribution >= 0.6 is 15.9 Å². The van der Waals surface area contributed by atoms with Crippen molar-refractivity contribution in [3.8, 4) is 0 Å². The summed E-state index contributed by atoms with van der Waals surface area (Å²) in [6, 6.07) is 5.67. The maximum Gasteiger partial charge on any atom is 0.338 e. The van der Waals surface area contributed by atoms with Crippen LogP contribution in [0.3, 0.4) is 0 Å². The van der Waals surface area contributed by atoms with Crippen molar-refractivity contribution in [1.29, 1.82) is 0 Å². The largest absolute Gasteiger partial charge is 0.478 e. The molecule has 5 heteroatoms. The van der Waals surface area contributed by atoms with E-state index in [0.717, 1.165) is 18.7 Å². The number of benzene rings is 1. The second kappa shape index (κ2) is 5.06. The summed E-state index contributed by atoms with van der Waals surface area (Å²) in [7, 11) is 1.91. The molecule has 1 fully saturated rings. The Hall–Kier alpha value is -1.07. The van der Waals surface area contributed by atoms with Crippen molar-refractivity contribution in [2.24, 2.45) is 0 Å². The third kappa shape index (κ3) is 2.45. The van der Waals surface area contributed by atoms with Crippen LogP contribution in [0.25, 0.3) is 0 Å². The first kappa shape index (κ1) is 12.4. The van der Waals surface area contributed by atoms with E-state index in [2.05, 4.69) is 15.9 Å². The molecule has 0 bridgehead atoms. The van der Waals surface area contributed by atoms with Gasteiger partial charge in [-0.15, -0.1) is 0 Å². The zero-order valence-electron chi connectivity index (χ0n) is 9.52. The van der Waals surface area contributed by atoms with Crippen LogP contribution < -0.4 is 4.90 Å². The van der Waals surface area contributed by atoms with Crippen molar-refractivity contribution >= 4 is 27.6 Å². The molecule has 1 unspecified atom stereocenters. The number of anilines is 1. The molecule has 0 amide bonds. The number of rotatable bonds is 3. The first-order valence-corrected chi connectivity index (χ1v) is 6.23. The Morgan fingerprint density at radius 1 is 1.59 bits per heavy atom. The Morgan fingerprint density at radius 2 is 2.35 bits per heavy atom. The van der Waals surface area contributed by atoms with Gasteiger partial charge in [-0.1, -0.05) is 6.07 Å². The molecular formula is C12H14BrNO3. The summed E-state index contributed by atoms with van der Waals surface area (Å²) in [5.74, 6) is -0.918. The lowest BCUT2D eigenvalue weighted by Crippen LogP contribution is -2.33. The van der Waals surface area contributed by atoms with Gasteiger partial charge in [0.25, 0.3) is 0 Å². The van der Waals surface area contributed by atoms with Crippen molar-refractivity contribution in [2.45, 2.75) is 12.5 Å². The number of carbonyl (C=O) groups is 1. The fourth-order valence-corrected chi connectivity index (χ4v) is 2.57. The predicted molar refractivity (Wildman–Crippen MR) is 68.7 cm³/mol. The molecule has 17 heavy (non-hydrogen) atoms. The number of hydrogen-bond donors (Lipinski definition) is 1. The van der Waals surface area contributed by atoms with Crippen molar-refractivity contribution in [2.75, 3.05) is 25.2 Å². The fraction of sp³-hybridized carbons (Fsp3) is 0.417. The average Bonchev–Trinajstić information content (AvgIpc) is 2.80. The van der Waals surface area contributed by atoms with Gasteiger partial charge < -0.3 is 14.7 Å². The number of carboxylic acid groups (broad SMARTS) is 1. The number of carboxylic acids is 1. The summed E-state index contributed by atoms with van der Waals surface area (Å²) in [5.41, 5.74) is 1.03. The topological polar surface area (TPSA) is 49.8 Å². The Kier molecular flexibility index (Phi) is 3.69. The minimum Gasteiger partial charge on any atom is -0.478 e. The van der Waals surface area contributed by atoms with Gasteiger partial charge >= 0.3 is 5.97 Å². The molecule has 4 nitrogen and oxygen atoms in total. The van der Waals surface area contributed by atoms with Gasteiger partial charge in [0.15, 0.2) is 0 Å². The molecule has 1 saturated heterocycles. The van der Waals surface area contributed by atoms with E-state index in [4.69, 9.17) is 4.74 Å². The van der Waals surface area contributed by atoms with Crippen LogP contribution in [0.4, 0.5) is 5.69 Å². The van der Waals surface area contributed by atoms with Crippen LogP contribution in [-0.4, -0.2) is 37.4 Å². The average molecular weight is 300 g/mol. The normalized spacial score (nSPS) is 19.3. The summed E-state index contributed by atoms with van der Waals surface area (Å²) in [5, 5.41) is 9.25. The van der Waals surface area contributed by atoms with E-state index in [1.54, 1.807) is 6.07 Å². The van der Waals surface area contributed by atoms with Gasteiger partial charge in [0.05, 0.1) is 23.9 Å². The molecule has 0 saturated carbocycles. The van der Waals surface area contributed by atoms with Crippen LogP contribution in [0.5, 0.6) is 0 Å². The van der Waals surface area contributed by atoms with E-state index >= 15 is 0 Å². The molecule has 1 aliphatic rings. The Bertz CT molecular complexity index is 430. The first-order chi connectivity index (χ1) is 8.11. The molecule has 1 atom stereocenters. The summed E-state index contributed by atoms with van der Waals surface area (Å²) in [6.07, 6.45) is 0.933. The fourth-order valence-electron chi connectivity index (χ4n) is 2.04. The van der Waals surface area contributed by atoms with Gasteiger partial charge in [-0.05, 0) is 34.5 Å². The van der Waals surface area contributed by atoms with Crippen molar-refractivity contribution in [3.05, 3.63) is 28.2 Å². The summed E-state index contributed by atoms with van der Waals surface area (Å²) < 4.78 is 5.93. The molecule has 1 heterocycles. The number of nitrogens with zero attached hydrogens (tertiary/aromatic N) is 1. The Balaban J connectivity index is 2.36. The highest BCUT2D eigenvalue weighted by Gasteiger charge is 2.24. The number of halogens is 1. The predicted octanol–water partition coefficient (Wildman–Crippen LogP) is 2.37. The summed E-state index contributed by atoms with van der Waals surface area (Å²) in [6.45, 7) is 1.40. The molecule has 1 aromatic rings. The Morgan fingerprint density at radius 3 is 2.94 bits per heavy atom. The number of ether oxygens (including phenoxy) is 1. The highest BCUT2D eigenvalue weighted by molar-refractivity contribution is 9.10. The van der Waals surface area contributed by atoms with E-state index in [0.29, 0.717) is 16.6 Å². The monoisotopic (exact) mass is 299 g/mol. The molecule has 0 radical (unpaired) electrons. The Labute approximate surface area is 108 Å². The van der Waals surface area contributed by atoms with Gasteiger partial charge in [-0.2, -0.15) is 0 Å². The van der Waals surface area contributed by atoms with E-state index < -0.39 is 5.97 Å². The first-order valence-electron chi connectivity index (χ1n) is 5.43. The van der Waals surface area contributed by atoms with Gasteiger partial charge in [0.1, 0.15) is 0 Å². The summed E-state index contributed by atoms with van der Waals surface area (Å²) in [4.78, 5) is 13.3. The molecule has 92 valence electrons. The van der Waals surface area contributed by atoms with E-state index in [-0.39, 0.29) is 6.04 Å².